The normalized spacial score (nSPS) is 11.8. The van der Waals surface area contributed by atoms with E-state index in [1.807, 2.05) is 0 Å². The van der Waals surface area contributed by atoms with E-state index >= 15 is 0 Å². The van der Waals surface area contributed by atoms with Gasteiger partial charge in [0.2, 0.25) is 15.6 Å². The minimum atomic E-state index is -3.75. The van der Waals surface area contributed by atoms with E-state index in [4.69, 9.17) is 20.4 Å². The summed E-state index contributed by atoms with van der Waals surface area (Å²) in [6, 6.07) is 18.1. The molecule has 0 aliphatic heterocycles. The number of H-pyrrole nitrogens is 1. The Balaban J connectivity index is 1.63. The van der Waals surface area contributed by atoms with Crippen LogP contribution in [-0.2, 0) is 10.0 Å². The Hall–Kier alpha value is -4.74. The number of hydrogen-bond donors (Lipinski definition) is 1. The molecule has 0 radical (unpaired) electrons. The Morgan fingerprint density at radius 2 is 1.65 bits per heavy atom. The molecule has 12 heteroatoms. The van der Waals surface area contributed by atoms with Gasteiger partial charge in [0.05, 0.1) is 22.5 Å². The second-order valence-electron chi connectivity index (χ2n) is 9.85. The number of benzene rings is 4. The summed E-state index contributed by atoms with van der Waals surface area (Å²) in [5, 5.41) is 3.31. The zero-order valence-electron chi connectivity index (χ0n) is 23.0. The molecule has 0 aliphatic carbocycles. The number of nitrogens with one attached hydrogen (secondary N) is 2. The number of halogens is 3. The van der Waals surface area contributed by atoms with Crippen molar-refractivity contribution < 1.29 is 35.8 Å². The Bertz CT molecular complexity index is 2180. The number of para-hydroxylation sites is 1. The fourth-order valence-electron chi connectivity index (χ4n) is 4.91. The molecular weight excluding hydrogens is 600 g/mol. The first kappa shape index (κ1) is 28.4. The molecule has 0 unspecified atom stereocenters. The predicted molar refractivity (Wildman–Crippen MR) is 160 cm³/mol. The maximum atomic E-state index is 14.4. The summed E-state index contributed by atoms with van der Waals surface area (Å²) in [5.74, 6) is -1.03. The van der Waals surface area contributed by atoms with Gasteiger partial charge < -0.3 is 14.2 Å². The van der Waals surface area contributed by atoms with Gasteiger partial charge in [-0.3, -0.25) is 9.10 Å². The lowest BCUT2D eigenvalue weighted by Gasteiger charge is -2.21. The molecule has 0 bridgehead atoms. The summed E-state index contributed by atoms with van der Waals surface area (Å²) in [4.78, 5) is 16.1. The van der Waals surface area contributed by atoms with Gasteiger partial charge in [-0.15, -0.1) is 0 Å². The quantitative estimate of drug-likeness (QED) is 0.223. The summed E-state index contributed by atoms with van der Waals surface area (Å²) < 4.78 is 66.6. The summed E-state index contributed by atoms with van der Waals surface area (Å²) in [6.07, 6.45) is 1.06. The molecule has 0 atom stereocenters. The van der Waals surface area contributed by atoms with Crippen LogP contribution in [0.15, 0.2) is 81.6 Å². The minimum absolute atomic E-state index is 0.167. The van der Waals surface area contributed by atoms with Crippen LogP contribution in [0.5, 0.6) is 0 Å². The first-order valence-electron chi connectivity index (χ1n) is 12.9. The van der Waals surface area contributed by atoms with E-state index in [1.54, 1.807) is 30.3 Å². The van der Waals surface area contributed by atoms with Gasteiger partial charge in [0.25, 0.3) is 11.4 Å². The Kier molecular flexibility index (Phi) is 6.94. The second kappa shape index (κ2) is 10.5. The van der Waals surface area contributed by atoms with Crippen molar-refractivity contribution in [3.8, 4) is 33.9 Å². The van der Waals surface area contributed by atoms with Gasteiger partial charge in [0, 0.05) is 36.7 Å². The number of carbonyl (C=O) groups excluding carboxylic acids is 1. The Labute approximate surface area is 249 Å². The fourth-order valence-corrected chi connectivity index (χ4v) is 5.62. The monoisotopic (exact) mass is 622 g/mol. The summed E-state index contributed by atoms with van der Waals surface area (Å²) in [7, 11) is -0.879. The van der Waals surface area contributed by atoms with Crippen molar-refractivity contribution in [2.24, 2.45) is 0 Å². The lowest BCUT2D eigenvalue weighted by atomic mass is 9.97. The molecule has 2 N–H and O–H groups in total. The van der Waals surface area contributed by atoms with E-state index in [9.17, 15) is 22.0 Å². The van der Waals surface area contributed by atoms with Crippen LogP contribution >= 0.6 is 11.6 Å². The number of fused-ring (bicyclic) bond motifs is 2. The smallest absolute Gasteiger partial charge is 0.381 e. The first-order valence-corrected chi connectivity index (χ1v) is 15.1. The van der Waals surface area contributed by atoms with E-state index < -0.39 is 27.6 Å². The number of carbonyl (C=O) groups is 1. The van der Waals surface area contributed by atoms with E-state index in [1.165, 1.54) is 56.6 Å². The van der Waals surface area contributed by atoms with Crippen LogP contribution in [0.3, 0.4) is 0 Å². The molecule has 1 amide bonds. The topological polar surface area (TPSA) is 107 Å². The third-order valence-electron chi connectivity index (χ3n) is 7.15. The highest BCUT2D eigenvalue weighted by Crippen LogP contribution is 2.43. The molecule has 0 spiro atoms. The van der Waals surface area contributed by atoms with Crippen LogP contribution in [0, 0.1) is 11.6 Å². The molecule has 43 heavy (non-hydrogen) atoms. The highest BCUT2D eigenvalue weighted by molar-refractivity contribution is 7.92. The largest absolute Gasteiger partial charge is 0.455 e. The number of nitrogens with zero attached hydrogens (tertiary/aromatic N) is 1. The van der Waals surface area contributed by atoms with Gasteiger partial charge in [0.15, 0.2) is 5.82 Å². The van der Waals surface area contributed by atoms with Gasteiger partial charge in [0.1, 0.15) is 22.7 Å². The van der Waals surface area contributed by atoms with Crippen molar-refractivity contribution in [3.05, 3.63) is 95.0 Å². The molecule has 0 aliphatic rings. The molecule has 6 aromatic rings. The number of hydrogen-bond acceptors (Lipinski definition) is 5. The maximum Gasteiger partial charge on any atom is 0.381 e. The molecule has 2 aromatic heterocycles. The average molecular weight is 623 g/mol. The lowest BCUT2D eigenvalue weighted by molar-refractivity contribution is -0.340. The van der Waals surface area contributed by atoms with Crippen molar-refractivity contribution in [1.82, 2.24) is 5.32 Å². The zero-order valence-corrected chi connectivity index (χ0v) is 24.5. The van der Waals surface area contributed by atoms with Crippen LogP contribution in [-0.4, -0.2) is 34.7 Å². The number of anilines is 1. The third kappa shape index (κ3) is 5.00. The number of furan rings is 1. The molecule has 0 fully saturated rings. The van der Waals surface area contributed by atoms with E-state index in [-0.39, 0.29) is 39.6 Å². The van der Waals surface area contributed by atoms with Gasteiger partial charge >= 0.3 is 5.89 Å². The molecule has 218 valence electrons. The number of aromatic amines is 1. The summed E-state index contributed by atoms with van der Waals surface area (Å²) in [6.45, 7) is 0. The molecule has 0 saturated carbocycles. The van der Waals surface area contributed by atoms with Gasteiger partial charge in [-0.25, -0.2) is 12.8 Å². The van der Waals surface area contributed by atoms with E-state index in [0.717, 1.165) is 10.6 Å². The Morgan fingerprint density at radius 1 is 0.930 bits per heavy atom. The first-order chi connectivity index (χ1) is 20.5. The molecule has 2 heterocycles. The molecule has 8 nitrogen and oxygen atoms in total. The second-order valence-corrected chi connectivity index (χ2v) is 12.3. The van der Waals surface area contributed by atoms with Crippen LogP contribution in [0.2, 0.25) is 5.02 Å². The van der Waals surface area contributed by atoms with Crippen LogP contribution in [0.1, 0.15) is 10.4 Å². The van der Waals surface area contributed by atoms with Gasteiger partial charge in [-0.05, 0) is 60.2 Å². The van der Waals surface area contributed by atoms with E-state index in [0.29, 0.717) is 32.7 Å². The van der Waals surface area contributed by atoms with Gasteiger partial charge in [-0.2, -0.15) is 9.37 Å². The molecule has 6 rings (SSSR count). The summed E-state index contributed by atoms with van der Waals surface area (Å²) in [5.41, 5.74) is 2.94. The molecular formula is C31H23ClF2N3O5S+. The van der Waals surface area contributed by atoms with Crippen molar-refractivity contribution in [2.45, 2.75) is 0 Å². The number of sulfonamides is 1. The standard InChI is InChI=1S/C31H22ClF2N3O5S/c1-35-30(38)27-21-14-19(17-9-12-22(32)20(13-17)31-36-28-23(34)5-4-6-25(28)42-31)24(37(2)43(3,39)40)15-26(21)41-29(27)16-7-10-18(33)11-8-16/h4-15H,1-3H3,(H,35,38)/p+1. The van der Waals surface area contributed by atoms with E-state index in [2.05, 4.69) is 10.3 Å². The number of oxazole rings is 1. The van der Waals surface area contributed by atoms with Crippen molar-refractivity contribution >= 4 is 55.3 Å². The number of aromatic nitrogens is 1. The van der Waals surface area contributed by atoms with Crippen LogP contribution < -0.4 is 14.6 Å². The average Bonchev–Trinajstić information content (AvgIpc) is 3.58. The minimum Gasteiger partial charge on any atom is -0.455 e. The van der Waals surface area contributed by atoms with Crippen LogP contribution in [0.25, 0.3) is 56.0 Å². The highest BCUT2D eigenvalue weighted by Gasteiger charge is 2.27. The van der Waals surface area contributed by atoms with Crippen molar-refractivity contribution in [2.75, 3.05) is 24.7 Å². The highest BCUT2D eigenvalue weighted by atomic mass is 35.5. The number of amides is 1. The SMILES string of the molecule is CNC(=O)c1c(-c2ccc(F)cc2)oc2cc(N(C)S(C)(=O)=O)c(-c3ccc(Cl)c(-c4[nH+]c5c(F)cccc5o4)c3)cc12. The van der Waals surface area contributed by atoms with Crippen molar-refractivity contribution in [3.63, 3.8) is 0 Å². The number of rotatable bonds is 6. The maximum absolute atomic E-state index is 14.4. The zero-order chi connectivity index (χ0) is 30.6. The fraction of sp³-hybridized carbons (Fsp3) is 0.0968. The molecule has 4 aromatic carbocycles. The summed E-state index contributed by atoms with van der Waals surface area (Å²) >= 11 is 6.55. The molecule has 0 saturated heterocycles. The predicted octanol–water partition coefficient (Wildman–Crippen LogP) is 6.68. The van der Waals surface area contributed by atoms with Gasteiger partial charge in [-0.1, -0.05) is 23.7 Å². The van der Waals surface area contributed by atoms with Crippen LogP contribution in [0.4, 0.5) is 14.5 Å². The Morgan fingerprint density at radius 3 is 2.33 bits per heavy atom. The third-order valence-corrected chi connectivity index (χ3v) is 8.67. The van der Waals surface area contributed by atoms with Crippen molar-refractivity contribution in [1.29, 1.82) is 0 Å². The lowest BCUT2D eigenvalue weighted by Crippen LogP contribution is -2.25.